The van der Waals surface area contributed by atoms with Gasteiger partial charge in [-0.1, -0.05) is 29.3 Å². The molecule has 0 saturated carbocycles. The van der Waals surface area contributed by atoms with E-state index >= 15 is 0 Å². The van der Waals surface area contributed by atoms with E-state index in [2.05, 4.69) is 0 Å². The summed E-state index contributed by atoms with van der Waals surface area (Å²) >= 11 is 12.4. The molecule has 2 aromatic rings. The van der Waals surface area contributed by atoms with E-state index in [0.29, 0.717) is 5.56 Å². The Balaban J connectivity index is 2.11. The Morgan fingerprint density at radius 1 is 1.38 bits per heavy atom. The molecule has 2 rings (SSSR count). The van der Waals surface area contributed by atoms with Crippen LogP contribution in [-0.2, 0) is 14.8 Å². The third-order valence-corrected chi connectivity index (χ3v) is 5.89. The number of nitrogens with zero attached hydrogens (tertiary/aromatic N) is 1. The molecule has 10 heteroatoms. The van der Waals surface area contributed by atoms with Gasteiger partial charge in [-0.2, -0.15) is 5.26 Å². The van der Waals surface area contributed by atoms with Crippen molar-refractivity contribution >= 4 is 50.5 Å². The Morgan fingerprint density at radius 2 is 2.08 bits per heavy atom. The van der Waals surface area contributed by atoms with E-state index in [1.165, 1.54) is 13.0 Å². The molecule has 0 aliphatic carbocycles. The largest absolute Gasteiger partial charge is 0.481 e. The highest BCUT2D eigenvalue weighted by Gasteiger charge is 2.26. The van der Waals surface area contributed by atoms with Crippen LogP contribution in [0.15, 0.2) is 35.2 Å². The van der Waals surface area contributed by atoms with Gasteiger partial charge in [-0.15, -0.1) is 11.3 Å². The van der Waals surface area contributed by atoms with Crippen LogP contribution in [0.5, 0.6) is 5.75 Å². The van der Waals surface area contributed by atoms with Crippen LogP contribution in [0.2, 0.25) is 8.67 Å². The number of nitriles is 1. The summed E-state index contributed by atoms with van der Waals surface area (Å²) in [5, 5.41) is 8.83. The number of hydrogen-bond acceptors (Lipinski definition) is 6. The van der Waals surface area contributed by atoms with Gasteiger partial charge in [0.25, 0.3) is 15.9 Å². The fourth-order valence-electron chi connectivity index (χ4n) is 1.68. The summed E-state index contributed by atoms with van der Waals surface area (Å²) in [6.07, 6.45) is -1.11. The molecule has 126 valence electrons. The van der Waals surface area contributed by atoms with Crippen LogP contribution in [0.25, 0.3) is 0 Å². The lowest BCUT2D eigenvalue weighted by atomic mass is 10.2. The second-order valence-electron chi connectivity index (χ2n) is 4.56. The van der Waals surface area contributed by atoms with Gasteiger partial charge < -0.3 is 4.74 Å². The highest BCUT2D eigenvalue weighted by molar-refractivity contribution is 7.90. The van der Waals surface area contributed by atoms with Crippen molar-refractivity contribution in [1.82, 2.24) is 4.72 Å². The minimum atomic E-state index is -4.16. The average molecular weight is 405 g/mol. The van der Waals surface area contributed by atoms with Gasteiger partial charge in [0, 0.05) is 0 Å². The second-order valence-corrected chi connectivity index (χ2v) is 8.49. The number of amides is 1. The van der Waals surface area contributed by atoms with Gasteiger partial charge in [0.05, 0.1) is 16.0 Å². The topological polar surface area (TPSA) is 96.3 Å². The number of rotatable bonds is 5. The number of carbonyl (C=O) groups is 1. The van der Waals surface area contributed by atoms with E-state index in [0.717, 1.165) is 17.4 Å². The third-order valence-electron chi connectivity index (χ3n) is 2.80. The summed E-state index contributed by atoms with van der Waals surface area (Å²) in [5.41, 5.74) is 0.354. The van der Waals surface area contributed by atoms with E-state index in [9.17, 15) is 13.2 Å². The molecule has 1 unspecified atom stereocenters. The van der Waals surface area contributed by atoms with Crippen LogP contribution in [0.1, 0.15) is 12.5 Å². The molecule has 0 spiro atoms. The number of hydrogen-bond donors (Lipinski definition) is 1. The van der Waals surface area contributed by atoms with Crippen LogP contribution in [-0.4, -0.2) is 20.4 Å². The maximum atomic E-state index is 12.2. The van der Waals surface area contributed by atoms with E-state index in [1.54, 1.807) is 18.2 Å². The molecule has 1 aromatic heterocycles. The smallest absolute Gasteiger partial charge is 0.274 e. The summed E-state index contributed by atoms with van der Waals surface area (Å²) < 4.78 is 31.7. The Morgan fingerprint density at radius 3 is 2.67 bits per heavy atom. The fraction of sp³-hybridized carbons (Fsp3) is 0.143. The molecule has 0 fully saturated rings. The first-order valence-corrected chi connectivity index (χ1v) is 9.47. The monoisotopic (exact) mass is 404 g/mol. The zero-order valence-corrected chi connectivity index (χ0v) is 15.3. The first kappa shape index (κ1) is 18.5. The first-order valence-electron chi connectivity index (χ1n) is 6.41. The van der Waals surface area contributed by atoms with Crippen molar-refractivity contribution < 1.29 is 17.9 Å². The fourth-order valence-corrected chi connectivity index (χ4v) is 4.87. The van der Waals surface area contributed by atoms with Gasteiger partial charge >= 0.3 is 0 Å². The lowest BCUT2D eigenvalue weighted by Crippen LogP contribution is -2.39. The molecule has 1 amide bonds. The van der Waals surface area contributed by atoms with Crippen molar-refractivity contribution in [2.24, 2.45) is 0 Å². The molecule has 0 bridgehead atoms. The van der Waals surface area contributed by atoms with E-state index in [-0.39, 0.29) is 19.3 Å². The van der Waals surface area contributed by atoms with Crippen LogP contribution < -0.4 is 9.46 Å². The van der Waals surface area contributed by atoms with Crippen molar-refractivity contribution in [3.63, 3.8) is 0 Å². The molecular formula is C14H10Cl2N2O4S2. The van der Waals surface area contributed by atoms with Gasteiger partial charge in [0.15, 0.2) is 6.10 Å². The molecule has 24 heavy (non-hydrogen) atoms. The minimum absolute atomic E-state index is 0.0457. The van der Waals surface area contributed by atoms with Crippen LogP contribution in [0.4, 0.5) is 0 Å². The number of carbonyl (C=O) groups excluding carboxylic acids is 1. The van der Waals surface area contributed by atoms with E-state index < -0.39 is 22.0 Å². The average Bonchev–Trinajstić information content (AvgIpc) is 2.86. The zero-order valence-electron chi connectivity index (χ0n) is 12.1. The highest BCUT2D eigenvalue weighted by atomic mass is 35.5. The van der Waals surface area contributed by atoms with E-state index in [1.807, 2.05) is 10.8 Å². The molecule has 1 heterocycles. The van der Waals surface area contributed by atoms with Crippen molar-refractivity contribution in [2.75, 3.05) is 0 Å². The van der Waals surface area contributed by atoms with Crippen LogP contribution >= 0.6 is 34.5 Å². The van der Waals surface area contributed by atoms with Gasteiger partial charge in [-0.25, -0.2) is 13.1 Å². The van der Waals surface area contributed by atoms with Gasteiger partial charge in [0.2, 0.25) is 0 Å². The van der Waals surface area contributed by atoms with Gasteiger partial charge in [-0.3, -0.25) is 4.79 Å². The molecule has 1 N–H and O–H groups in total. The predicted octanol–water partition coefficient (Wildman–Crippen LogP) is 3.20. The summed E-state index contributed by atoms with van der Waals surface area (Å²) in [4.78, 5) is 11.8. The normalized spacial score (nSPS) is 12.2. The van der Waals surface area contributed by atoms with Crippen molar-refractivity contribution in [2.45, 2.75) is 17.9 Å². The molecule has 0 aliphatic heterocycles. The summed E-state index contributed by atoms with van der Waals surface area (Å²) in [7, 11) is -4.16. The molecule has 0 radical (unpaired) electrons. The van der Waals surface area contributed by atoms with Crippen molar-refractivity contribution in [1.29, 1.82) is 5.26 Å². The Hall–Kier alpha value is -1.79. The number of sulfonamides is 1. The minimum Gasteiger partial charge on any atom is -0.481 e. The number of benzene rings is 1. The first-order chi connectivity index (χ1) is 11.2. The standard InChI is InChI=1S/C14H10Cl2N2O4S2/c1-8(22-10-4-2-3-9(5-10)7-17)14(19)18-24(20,21)11-6-12(15)23-13(11)16/h2-6,8H,1H3,(H,18,19). The number of ether oxygens (including phenoxy) is 1. The van der Waals surface area contributed by atoms with Crippen molar-refractivity contribution in [3.8, 4) is 11.8 Å². The maximum absolute atomic E-state index is 12.2. The lowest BCUT2D eigenvalue weighted by molar-refractivity contribution is -0.125. The lowest BCUT2D eigenvalue weighted by Gasteiger charge is -2.14. The molecule has 0 saturated heterocycles. The molecule has 6 nitrogen and oxygen atoms in total. The van der Waals surface area contributed by atoms with Gasteiger partial charge in [0.1, 0.15) is 15.0 Å². The third kappa shape index (κ3) is 4.39. The number of halogens is 2. The Kier molecular flexibility index (Phi) is 5.72. The summed E-state index contributed by atoms with van der Waals surface area (Å²) in [5.74, 6) is -0.610. The van der Waals surface area contributed by atoms with Crippen LogP contribution in [0.3, 0.4) is 0 Å². The van der Waals surface area contributed by atoms with E-state index in [4.69, 9.17) is 33.2 Å². The Bertz CT molecular complexity index is 919. The quantitative estimate of drug-likeness (QED) is 0.824. The Labute approximate surface area is 152 Å². The maximum Gasteiger partial charge on any atom is 0.274 e. The SMILES string of the molecule is CC(Oc1cccc(C#N)c1)C(=O)NS(=O)(=O)c1cc(Cl)sc1Cl. The van der Waals surface area contributed by atoms with Gasteiger partial charge in [-0.05, 0) is 31.2 Å². The molecule has 1 atom stereocenters. The number of nitrogens with one attached hydrogen (secondary N) is 1. The number of thiophene rings is 1. The molecule has 0 aliphatic rings. The zero-order chi connectivity index (χ0) is 17.9. The predicted molar refractivity (Wildman–Crippen MR) is 90.9 cm³/mol. The molecule has 1 aromatic carbocycles. The molecular weight excluding hydrogens is 395 g/mol. The van der Waals surface area contributed by atoms with Crippen LogP contribution in [0, 0.1) is 11.3 Å². The van der Waals surface area contributed by atoms with Crippen molar-refractivity contribution in [3.05, 3.63) is 44.6 Å². The summed E-state index contributed by atoms with van der Waals surface area (Å²) in [6, 6.07) is 9.24. The summed E-state index contributed by atoms with van der Waals surface area (Å²) in [6.45, 7) is 1.38. The second kappa shape index (κ2) is 7.40. The highest BCUT2D eigenvalue weighted by Crippen LogP contribution is 2.34.